The number of rotatable bonds is 3. The van der Waals surface area contributed by atoms with E-state index in [1.807, 2.05) is 0 Å². The van der Waals surface area contributed by atoms with Gasteiger partial charge >= 0.3 is 0 Å². The first kappa shape index (κ1) is 13.5. The van der Waals surface area contributed by atoms with Crippen molar-refractivity contribution in [3.05, 3.63) is 41.3 Å². The van der Waals surface area contributed by atoms with Crippen LogP contribution >= 0.6 is 11.3 Å². The van der Waals surface area contributed by atoms with E-state index in [2.05, 4.69) is 10.3 Å². The molecule has 1 aromatic carbocycles. The summed E-state index contributed by atoms with van der Waals surface area (Å²) in [5, 5.41) is 8.65. The van der Waals surface area contributed by atoms with Crippen molar-refractivity contribution >= 4 is 26.5 Å². The fourth-order valence-corrected chi connectivity index (χ4v) is 3.83. The Bertz CT molecular complexity index is 758. The van der Waals surface area contributed by atoms with Gasteiger partial charge in [-0.05, 0) is 36.1 Å². The lowest BCUT2D eigenvalue weighted by Crippen LogP contribution is -2.10. The zero-order valence-corrected chi connectivity index (χ0v) is 12.0. The number of thiazole rings is 1. The predicted molar refractivity (Wildman–Crippen MR) is 74.6 cm³/mol. The molecule has 0 saturated carbocycles. The van der Waals surface area contributed by atoms with Gasteiger partial charge in [0, 0.05) is 0 Å². The second-order valence-electron chi connectivity index (χ2n) is 4.61. The van der Waals surface area contributed by atoms with E-state index in [-0.39, 0.29) is 16.1 Å². The van der Waals surface area contributed by atoms with Crippen LogP contribution in [0.25, 0.3) is 0 Å². The Hall–Kier alpha value is -1.51. The first-order valence-corrected chi connectivity index (χ1v) is 8.33. The minimum Gasteiger partial charge on any atom is -0.355 e. The maximum absolute atomic E-state index is 13.3. The van der Waals surface area contributed by atoms with Crippen molar-refractivity contribution in [2.75, 3.05) is 5.32 Å². The number of primary sulfonamides is 1. The molecule has 20 heavy (non-hydrogen) atoms. The van der Waals surface area contributed by atoms with Gasteiger partial charge in [-0.2, -0.15) is 0 Å². The number of benzene rings is 1. The molecule has 1 heterocycles. The van der Waals surface area contributed by atoms with Gasteiger partial charge in [0.15, 0.2) is 9.34 Å². The van der Waals surface area contributed by atoms with E-state index in [9.17, 15) is 12.8 Å². The van der Waals surface area contributed by atoms with Crippen LogP contribution in [0.2, 0.25) is 0 Å². The Kier molecular flexibility index (Phi) is 3.23. The molecule has 106 valence electrons. The Balaban J connectivity index is 1.84. The summed E-state index contributed by atoms with van der Waals surface area (Å²) < 4.78 is 35.7. The summed E-state index contributed by atoms with van der Waals surface area (Å²) in [5.41, 5.74) is 2.00. The van der Waals surface area contributed by atoms with Crippen LogP contribution in [0.15, 0.2) is 28.6 Å². The lowest BCUT2D eigenvalue weighted by atomic mass is 10.1. The zero-order valence-electron chi connectivity index (χ0n) is 10.3. The number of fused-ring (bicyclic) bond motifs is 1. The van der Waals surface area contributed by atoms with E-state index >= 15 is 0 Å². The Morgan fingerprint density at radius 1 is 1.45 bits per heavy atom. The molecule has 1 atom stereocenters. The van der Waals surface area contributed by atoms with E-state index in [1.165, 1.54) is 18.3 Å². The summed E-state index contributed by atoms with van der Waals surface area (Å²) >= 11 is 0.977. The minimum absolute atomic E-state index is 0.0115. The lowest BCUT2D eigenvalue weighted by molar-refractivity contribution is 0.599. The lowest BCUT2D eigenvalue weighted by Gasteiger charge is -2.12. The van der Waals surface area contributed by atoms with Crippen molar-refractivity contribution in [2.24, 2.45) is 5.14 Å². The van der Waals surface area contributed by atoms with Gasteiger partial charge in [-0.25, -0.2) is 22.9 Å². The van der Waals surface area contributed by atoms with E-state index in [0.29, 0.717) is 5.13 Å². The number of halogens is 1. The maximum Gasteiger partial charge on any atom is 0.249 e. The summed E-state index contributed by atoms with van der Waals surface area (Å²) in [4.78, 5) is 4.00. The summed E-state index contributed by atoms with van der Waals surface area (Å²) in [7, 11) is -3.73. The number of hydrogen-bond donors (Lipinski definition) is 2. The average molecular weight is 313 g/mol. The molecule has 0 radical (unpaired) electrons. The van der Waals surface area contributed by atoms with Crippen LogP contribution < -0.4 is 10.5 Å². The van der Waals surface area contributed by atoms with Crippen molar-refractivity contribution in [2.45, 2.75) is 23.1 Å². The molecule has 0 unspecified atom stereocenters. The second-order valence-corrected chi connectivity index (χ2v) is 7.43. The number of aryl methyl sites for hydroxylation is 1. The van der Waals surface area contributed by atoms with Crippen LogP contribution in [0.1, 0.15) is 23.6 Å². The normalized spacial score (nSPS) is 18.0. The summed E-state index contributed by atoms with van der Waals surface area (Å²) in [6.07, 6.45) is 2.91. The molecule has 3 N–H and O–H groups in total. The van der Waals surface area contributed by atoms with Crippen molar-refractivity contribution in [3.8, 4) is 0 Å². The molecule has 5 nitrogen and oxygen atoms in total. The Labute approximate surface area is 119 Å². The number of anilines is 1. The summed E-state index contributed by atoms with van der Waals surface area (Å²) in [5.74, 6) is -0.276. The molecule has 0 spiro atoms. The zero-order chi connectivity index (χ0) is 14.3. The van der Waals surface area contributed by atoms with Crippen molar-refractivity contribution < 1.29 is 12.8 Å². The van der Waals surface area contributed by atoms with Gasteiger partial charge in [0.1, 0.15) is 5.82 Å². The monoisotopic (exact) mass is 313 g/mol. The number of hydrogen-bond acceptors (Lipinski definition) is 5. The maximum atomic E-state index is 13.3. The third kappa shape index (κ3) is 2.54. The van der Waals surface area contributed by atoms with E-state index < -0.39 is 10.0 Å². The third-order valence-corrected chi connectivity index (χ3v) is 5.58. The molecule has 1 aromatic heterocycles. The molecule has 0 aliphatic heterocycles. The highest BCUT2D eigenvalue weighted by molar-refractivity contribution is 7.91. The first-order chi connectivity index (χ1) is 9.43. The van der Waals surface area contributed by atoms with E-state index in [0.717, 1.165) is 35.3 Å². The van der Waals surface area contributed by atoms with Gasteiger partial charge in [-0.15, -0.1) is 0 Å². The fraction of sp³-hybridized carbons (Fsp3) is 0.250. The van der Waals surface area contributed by atoms with Gasteiger partial charge in [0.25, 0.3) is 0 Å². The molecule has 0 fully saturated rings. The summed E-state index contributed by atoms with van der Waals surface area (Å²) in [6.45, 7) is 0. The van der Waals surface area contributed by atoms with E-state index in [4.69, 9.17) is 5.14 Å². The van der Waals surface area contributed by atoms with Crippen LogP contribution in [-0.2, 0) is 16.4 Å². The smallest absolute Gasteiger partial charge is 0.249 e. The summed E-state index contributed by atoms with van der Waals surface area (Å²) in [6, 6.07) is 4.68. The molecular formula is C12H12FN3O2S2. The number of nitrogens with one attached hydrogen (secondary N) is 1. The largest absolute Gasteiger partial charge is 0.355 e. The molecular weight excluding hydrogens is 301 g/mol. The van der Waals surface area contributed by atoms with Crippen LogP contribution in [0, 0.1) is 5.82 Å². The highest BCUT2D eigenvalue weighted by Gasteiger charge is 2.24. The SMILES string of the molecule is NS(=O)(=O)c1cnc(N[C@@H]2CCc3ccc(F)cc32)s1. The Morgan fingerprint density at radius 2 is 2.25 bits per heavy atom. The van der Waals surface area contributed by atoms with Crippen molar-refractivity contribution in [3.63, 3.8) is 0 Å². The average Bonchev–Trinajstić information content (AvgIpc) is 2.97. The van der Waals surface area contributed by atoms with Crippen LogP contribution in [0.3, 0.4) is 0 Å². The predicted octanol–water partition coefficient (Wildman–Crippen LogP) is 2.03. The van der Waals surface area contributed by atoms with Crippen molar-refractivity contribution in [1.82, 2.24) is 4.98 Å². The number of aromatic nitrogens is 1. The van der Waals surface area contributed by atoms with Gasteiger partial charge < -0.3 is 5.32 Å². The number of nitrogens with zero attached hydrogens (tertiary/aromatic N) is 1. The molecule has 0 saturated heterocycles. The molecule has 1 aliphatic rings. The van der Waals surface area contributed by atoms with Crippen LogP contribution in [-0.4, -0.2) is 13.4 Å². The topological polar surface area (TPSA) is 85.1 Å². The van der Waals surface area contributed by atoms with Crippen LogP contribution in [0.4, 0.5) is 9.52 Å². The molecule has 8 heteroatoms. The molecule has 3 rings (SSSR count). The Morgan fingerprint density at radius 3 is 2.95 bits per heavy atom. The molecule has 1 aliphatic carbocycles. The third-order valence-electron chi connectivity index (χ3n) is 3.25. The fourth-order valence-electron chi connectivity index (χ4n) is 2.33. The molecule has 2 aromatic rings. The molecule has 0 amide bonds. The quantitative estimate of drug-likeness (QED) is 0.908. The minimum atomic E-state index is -3.73. The number of nitrogens with two attached hydrogens (primary N) is 1. The molecule has 0 bridgehead atoms. The standard InChI is InChI=1S/C12H12FN3O2S2/c13-8-3-1-7-2-4-10(9(7)5-8)16-12-15-6-11(19-12)20(14,17)18/h1,3,5-6,10H,2,4H2,(H,15,16)(H2,14,17,18)/t10-/m1/s1. The number of sulfonamides is 1. The van der Waals surface area contributed by atoms with Gasteiger partial charge in [-0.3, -0.25) is 0 Å². The first-order valence-electron chi connectivity index (χ1n) is 5.97. The van der Waals surface area contributed by atoms with Gasteiger partial charge in [0.05, 0.1) is 12.2 Å². The van der Waals surface area contributed by atoms with E-state index in [1.54, 1.807) is 6.07 Å². The van der Waals surface area contributed by atoms with Gasteiger partial charge in [-0.1, -0.05) is 17.4 Å². The second kappa shape index (κ2) is 4.80. The van der Waals surface area contributed by atoms with Crippen molar-refractivity contribution in [1.29, 1.82) is 0 Å². The highest BCUT2D eigenvalue weighted by Crippen LogP contribution is 2.35. The van der Waals surface area contributed by atoms with Crippen LogP contribution in [0.5, 0.6) is 0 Å². The highest BCUT2D eigenvalue weighted by atomic mass is 32.2. The van der Waals surface area contributed by atoms with Gasteiger partial charge in [0.2, 0.25) is 10.0 Å².